The third kappa shape index (κ3) is 2.23. The summed E-state index contributed by atoms with van der Waals surface area (Å²) in [5.74, 6) is 0.771. The van der Waals surface area contributed by atoms with Gasteiger partial charge in [-0.15, -0.1) is 23.1 Å². The molecule has 0 amide bonds. The number of benzene rings is 1. The van der Waals surface area contributed by atoms with E-state index in [9.17, 15) is 8.42 Å². The maximum Gasteiger partial charge on any atom is 0.275 e. The Balaban J connectivity index is 2.12. The Kier molecular flexibility index (Phi) is 3.51. The molecule has 2 heterocycles. The van der Waals surface area contributed by atoms with Crippen LogP contribution >= 0.6 is 23.1 Å². The predicted molar refractivity (Wildman–Crippen MR) is 83.3 cm³/mol. The van der Waals surface area contributed by atoms with E-state index in [0.717, 1.165) is 21.3 Å². The van der Waals surface area contributed by atoms with Crippen molar-refractivity contribution in [1.82, 2.24) is 4.98 Å². The Labute approximate surface area is 126 Å². The molecule has 4 nitrogen and oxygen atoms in total. The van der Waals surface area contributed by atoms with Gasteiger partial charge in [0.05, 0.1) is 16.4 Å². The largest absolute Gasteiger partial charge is 0.275 e. The lowest BCUT2D eigenvalue weighted by Gasteiger charge is -2.29. The zero-order valence-electron chi connectivity index (χ0n) is 11.2. The van der Waals surface area contributed by atoms with Crippen molar-refractivity contribution in [2.24, 2.45) is 0 Å². The summed E-state index contributed by atoms with van der Waals surface area (Å²) in [6.45, 7) is 4.08. The summed E-state index contributed by atoms with van der Waals surface area (Å²) in [6.07, 6.45) is 0. The van der Waals surface area contributed by atoms with Gasteiger partial charge in [0, 0.05) is 17.2 Å². The van der Waals surface area contributed by atoms with E-state index in [1.807, 2.05) is 31.2 Å². The molecule has 0 unspecified atom stereocenters. The van der Waals surface area contributed by atoms with Gasteiger partial charge in [0.25, 0.3) is 10.0 Å². The van der Waals surface area contributed by atoms with Crippen LogP contribution in [0, 0.1) is 13.8 Å². The van der Waals surface area contributed by atoms with Crippen molar-refractivity contribution < 1.29 is 8.42 Å². The molecule has 7 heteroatoms. The van der Waals surface area contributed by atoms with Crippen molar-refractivity contribution in [1.29, 1.82) is 0 Å². The van der Waals surface area contributed by atoms with Crippen LogP contribution in [0.2, 0.25) is 0 Å². The van der Waals surface area contributed by atoms with Crippen molar-refractivity contribution in [2.45, 2.75) is 23.0 Å². The number of thioether (sulfide) groups is 1. The molecule has 20 heavy (non-hydrogen) atoms. The number of rotatable bonds is 2. The minimum absolute atomic E-state index is 0.358. The Hall–Kier alpha value is -1.05. The molecule has 3 rings (SSSR count). The number of nitrogens with zero attached hydrogens (tertiary/aromatic N) is 2. The zero-order chi connectivity index (χ0) is 14.3. The Bertz CT molecular complexity index is 753. The van der Waals surface area contributed by atoms with Gasteiger partial charge in [0.15, 0.2) is 4.21 Å². The number of hydrogen-bond donors (Lipinski definition) is 0. The van der Waals surface area contributed by atoms with Crippen LogP contribution in [0.15, 0.2) is 33.4 Å². The molecule has 0 atom stereocenters. The second-order valence-corrected chi connectivity index (χ2v) is 8.90. The fourth-order valence-electron chi connectivity index (χ4n) is 2.25. The van der Waals surface area contributed by atoms with Crippen LogP contribution in [0.25, 0.3) is 0 Å². The molecule has 0 radical (unpaired) electrons. The molecule has 1 aromatic heterocycles. The molecular formula is C13H14N2O2S3. The van der Waals surface area contributed by atoms with Crippen molar-refractivity contribution in [3.8, 4) is 0 Å². The monoisotopic (exact) mass is 326 g/mol. The molecule has 106 valence electrons. The average Bonchev–Trinajstić information content (AvgIpc) is 2.78. The molecule has 0 fully saturated rings. The zero-order valence-corrected chi connectivity index (χ0v) is 13.6. The van der Waals surface area contributed by atoms with Crippen LogP contribution in [0.5, 0.6) is 0 Å². The first-order valence-corrected chi connectivity index (χ1v) is 9.43. The second kappa shape index (κ2) is 5.05. The van der Waals surface area contributed by atoms with Crippen molar-refractivity contribution in [3.05, 3.63) is 35.0 Å². The fourth-order valence-corrected chi connectivity index (χ4v) is 6.48. The van der Waals surface area contributed by atoms with E-state index in [1.165, 1.54) is 15.6 Å². The van der Waals surface area contributed by atoms with Gasteiger partial charge in [0.1, 0.15) is 0 Å². The Morgan fingerprint density at radius 1 is 1.25 bits per heavy atom. The summed E-state index contributed by atoms with van der Waals surface area (Å²) in [7, 11) is -3.51. The number of aromatic nitrogens is 1. The average molecular weight is 326 g/mol. The normalized spacial score (nSPS) is 15.2. The number of sulfonamides is 1. The molecule has 0 saturated carbocycles. The van der Waals surface area contributed by atoms with E-state index in [0.29, 0.717) is 16.4 Å². The van der Waals surface area contributed by atoms with Crippen LogP contribution in [0.4, 0.5) is 5.69 Å². The quantitative estimate of drug-likeness (QED) is 0.851. The SMILES string of the molecule is Cc1nc(C)c(S(=O)(=O)N2CCSc3ccccc32)s1. The van der Waals surface area contributed by atoms with Crippen molar-refractivity contribution in [3.63, 3.8) is 0 Å². The number of thiazole rings is 1. The number of fused-ring (bicyclic) bond motifs is 1. The van der Waals surface area contributed by atoms with E-state index < -0.39 is 10.0 Å². The number of aryl methyl sites for hydroxylation is 2. The predicted octanol–water partition coefficient (Wildman–Crippen LogP) is 3.06. The molecule has 0 spiro atoms. The highest BCUT2D eigenvalue weighted by Crippen LogP contribution is 2.38. The highest BCUT2D eigenvalue weighted by molar-refractivity contribution is 8.00. The standard InChI is InChI=1S/C13H14N2O2S3/c1-9-13(19-10(2)14-9)20(16,17)15-7-8-18-12-6-4-3-5-11(12)15/h3-6H,7-8H2,1-2H3. The summed E-state index contributed by atoms with van der Waals surface area (Å²) in [5.41, 5.74) is 1.36. The first kappa shape index (κ1) is 13.9. The summed E-state index contributed by atoms with van der Waals surface area (Å²) in [5, 5.41) is 0.778. The number of para-hydroxylation sites is 1. The lowest BCUT2D eigenvalue weighted by atomic mass is 10.3. The van der Waals surface area contributed by atoms with Crippen molar-refractivity contribution in [2.75, 3.05) is 16.6 Å². The van der Waals surface area contributed by atoms with Gasteiger partial charge in [-0.3, -0.25) is 4.31 Å². The van der Waals surface area contributed by atoms with E-state index in [2.05, 4.69) is 4.98 Å². The van der Waals surface area contributed by atoms with Gasteiger partial charge >= 0.3 is 0 Å². The van der Waals surface area contributed by atoms with E-state index in [1.54, 1.807) is 18.7 Å². The van der Waals surface area contributed by atoms with Gasteiger partial charge < -0.3 is 0 Å². The Morgan fingerprint density at radius 3 is 2.70 bits per heavy atom. The van der Waals surface area contributed by atoms with Crippen LogP contribution < -0.4 is 4.31 Å². The maximum atomic E-state index is 12.9. The highest BCUT2D eigenvalue weighted by Gasteiger charge is 2.32. The minimum Gasteiger partial charge on any atom is -0.264 e. The van der Waals surface area contributed by atoms with Crippen LogP contribution in [-0.2, 0) is 10.0 Å². The fraction of sp³-hybridized carbons (Fsp3) is 0.308. The van der Waals surface area contributed by atoms with Gasteiger partial charge in [-0.05, 0) is 26.0 Å². The van der Waals surface area contributed by atoms with E-state index >= 15 is 0 Å². The van der Waals surface area contributed by atoms with Crippen LogP contribution in [0.1, 0.15) is 10.7 Å². The molecule has 0 N–H and O–H groups in total. The molecule has 2 aromatic rings. The molecular weight excluding hydrogens is 312 g/mol. The summed E-state index contributed by atoms with van der Waals surface area (Å²) >= 11 is 2.94. The summed E-state index contributed by atoms with van der Waals surface area (Å²) in [4.78, 5) is 5.25. The topological polar surface area (TPSA) is 50.3 Å². The number of hydrogen-bond acceptors (Lipinski definition) is 5. The van der Waals surface area contributed by atoms with Gasteiger partial charge in [0.2, 0.25) is 0 Å². The van der Waals surface area contributed by atoms with Gasteiger partial charge in [-0.2, -0.15) is 0 Å². The lowest BCUT2D eigenvalue weighted by Crippen LogP contribution is -2.35. The summed E-state index contributed by atoms with van der Waals surface area (Å²) in [6, 6.07) is 7.64. The molecule has 1 aliphatic heterocycles. The smallest absolute Gasteiger partial charge is 0.264 e. The molecule has 1 aromatic carbocycles. The molecule has 1 aliphatic rings. The van der Waals surface area contributed by atoms with Gasteiger partial charge in [-0.1, -0.05) is 12.1 Å². The third-order valence-electron chi connectivity index (χ3n) is 3.07. The van der Waals surface area contributed by atoms with Crippen LogP contribution in [-0.4, -0.2) is 25.7 Å². The summed E-state index contributed by atoms with van der Waals surface area (Å²) < 4.78 is 27.6. The Morgan fingerprint density at radius 2 is 2.00 bits per heavy atom. The van der Waals surface area contributed by atoms with Crippen molar-refractivity contribution >= 4 is 38.8 Å². The second-order valence-electron chi connectivity index (χ2n) is 4.50. The molecule has 0 bridgehead atoms. The highest BCUT2D eigenvalue weighted by atomic mass is 32.2. The first-order valence-electron chi connectivity index (χ1n) is 6.19. The lowest BCUT2D eigenvalue weighted by molar-refractivity contribution is 0.592. The first-order chi connectivity index (χ1) is 9.50. The minimum atomic E-state index is -3.51. The number of anilines is 1. The van der Waals surface area contributed by atoms with Gasteiger partial charge in [-0.25, -0.2) is 13.4 Å². The third-order valence-corrected chi connectivity index (χ3v) is 7.59. The molecule has 0 aliphatic carbocycles. The molecule has 0 saturated heterocycles. The van der Waals surface area contributed by atoms with E-state index in [4.69, 9.17) is 0 Å². The maximum absolute atomic E-state index is 12.9. The van der Waals surface area contributed by atoms with Crippen LogP contribution in [0.3, 0.4) is 0 Å². The van der Waals surface area contributed by atoms with E-state index in [-0.39, 0.29) is 0 Å².